The first kappa shape index (κ1) is 21.8. The minimum atomic E-state index is -0.209. The number of aromatic nitrogens is 1. The molecule has 2 heterocycles. The summed E-state index contributed by atoms with van der Waals surface area (Å²) >= 11 is 1.44. The number of Topliss-reactive ketones (excluding diaryl/α,β-unsaturated/α-hetero) is 2. The highest BCUT2D eigenvalue weighted by Crippen LogP contribution is 2.18. The number of ketones is 2. The monoisotopic (exact) mass is 402 g/mol. The highest BCUT2D eigenvalue weighted by molar-refractivity contribution is 7.14. The maximum absolute atomic E-state index is 12.0. The van der Waals surface area contributed by atoms with Crippen molar-refractivity contribution < 1.29 is 19.1 Å². The van der Waals surface area contributed by atoms with Gasteiger partial charge < -0.3 is 10.1 Å². The van der Waals surface area contributed by atoms with Crippen molar-refractivity contribution >= 4 is 28.8 Å². The second-order valence-corrected chi connectivity index (χ2v) is 7.75. The molecular formula is C21H26N2O4S. The van der Waals surface area contributed by atoms with Crippen LogP contribution in [0.15, 0.2) is 30.5 Å². The number of carbonyl (C=O) groups excluding carboxylic acids is 3. The lowest BCUT2D eigenvalue weighted by molar-refractivity contribution is -0.125. The van der Waals surface area contributed by atoms with E-state index in [1.807, 2.05) is 26.0 Å². The van der Waals surface area contributed by atoms with Crippen molar-refractivity contribution in [3.8, 4) is 5.88 Å². The Hall–Kier alpha value is -2.54. The number of thiophene rings is 1. The van der Waals surface area contributed by atoms with Gasteiger partial charge in [0.2, 0.25) is 11.8 Å². The number of carbonyl (C=O) groups is 3. The average molecular weight is 403 g/mol. The molecule has 0 saturated heterocycles. The predicted molar refractivity (Wildman–Crippen MR) is 109 cm³/mol. The Kier molecular flexibility index (Phi) is 8.81. The third kappa shape index (κ3) is 7.23. The summed E-state index contributed by atoms with van der Waals surface area (Å²) in [7, 11) is 0. The molecule has 0 aliphatic carbocycles. The molecular weight excluding hydrogens is 376 g/mol. The number of rotatable bonds is 12. The van der Waals surface area contributed by atoms with Gasteiger partial charge >= 0.3 is 0 Å². The van der Waals surface area contributed by atoms with Crippen molar-refractivity contribution in [2.75, 3.05) is 6.61 Å². The van der Waals surface area contributed by atoms with Crippen molar-refractivity contribution in [3.05, 3.63) is 45.8 Å². The summed E-state index contributed by atoms with van der Waals surface area (Å²) in [6.07, 6.45) is 3.12. The smallest absolute Gasteiger partial charge is 0.220 e. The number of pyridine rings is 1. The average Bonchev–Trinajstić information content (AvgIpc) is 3.14. The quantitative estimate of drug-likeness (QED) is 0.545. The van der Waals surface area contributed by atoms with Gasteiger partial charge in [0, 0.05) is 48.9 Å². The first-order valence-corrected chi connectivity index (χ1v) is 10.3. The lowest BCUT2D eigenvalue weighted by atomic mass is 10.1. The van der Waals surface area contributed by atoms with Gasteiger partial charge in [-0.15, -0.1) is 11.3 Å². The van der Waals surface area contributed by atoms with Crippen LogP contribution in [0.4, 0.5) is 0 Å². The van der Waals surface area contributed by atoms with Gasteiger partial charge in [0.05, 0.1) is 11.5 Å². The van der Waals surface area contributed by atoms with Crippen LogP contribution >= 0.6 is 11.3 Å². The highest BCUT2D eigenvalue weighted by atomic mass is 32.1. The van der Waals surface area contributed by atoms with E-state index in [0.29, 0.717) is 23.9 Å². The third-order valence-corrected chi connectivity index (χ3v) is 5.09. The van der Waals surface area contributed by atoms with Gasteiger partial charge in [-0.05, 0) is 31.5 Å². The molecule has 0 atom stereocenters. The minimum absolute atomic E-state index is 0.0212. The molecule has 28 heavy (non-hydrogen) atoms. The van der Waals surface area contributed by atoms with Crippen LogP contribution < -0.4 is 10.1 Å². The zero-order valence-electron chi connectivity index (χ0n) is 16.3. The van der Waals surface area contributed by atoms with E-state index in [0.717, 1.165) is 16.9 Å². The summed E-state index contributed by atoms with van der Waals surface area (Å²) in [6.45, 7) is 4.82. The normalized spacial score (nSPS) is 10.5. The van der Waals surface area contributed by atoms with E-state index < -0.39 is 0 Å². The fourth-order valence-corrected chi connectivity index (χ4v) is 3.34. The zero-order chi connectivity index (χ0) is 20.4. The predicted octanol–water partition coefficient (Wildman–Crippen LogP) is 3.87. The van der Waals surface area contributed by atoms with Crippen molar-refractivity contribution in [1.82, 2.24) is 10.3 Å². The lowest BCUT2D eigenvalue weighted by Crippen LogP contribution is -2.23. The van der Waals surface area contributed by atoms with Crippen LogP contribution in [0, 0.1) is 6.92 Å². The molecule has 0 aromatic carbocycles. The van der Waals surface area contributed by atoms with Crippen LogP contribution in [0.1, 0.15) is 59.1 Å². The summed E-state index contributed by atoms with van der Waals surface area (Å²) in [4.78, 5) is 42.0. The lowest BCUT2D eigenvalue weighted by Gasteiger charge is -2.10. The third-order valence-electron chi connectivity index (χ3n) is 4.05. The van der Waals surface area contributed by atoms with Crippen LogP contribution in [0.3, 0.4) is 0 Å². The van der Waals surface area contributed by atoms with Gasteiger partial charge in [-0.3, -0.25) is 14.4 Å². The fourth-order valence-electron chi connectivity index (χ4n) is 2.51. The molecule has 2 aromatic rings. The van der Waals surface area contributed by atoms with Crippen LogP contribution in [0.5, 0.6) is 5.88 Å². The number of aryl methyl sites for hydroxylation is 1. The Labute approximate surface area is 169 Å². The van der Waals surface area contributed by atoms with E-state index in [4.69, 9.17) is 4.74 Å². The molecule has 0 fully saturated rings. The van der Waals surface area contributed by atoms with Crippen molar-refractivity contribution in [2.24, 2.45) is 0 Å². The topological polar surface area (TPSA) is 85.4 Å². The van der Waals surface area contributed by atoms with Crippen LogP contribution in [-0.4, -0.2) is 29.1 Å². The summed E-state index contributed by atoms with van der Waals surface area (Å²) in [5.74, 6) is 0.208. The van der Waals surface area contributed by atoms with E-state index >= 15 is 0 Å². The molecule has 0 aliphatic rings. The Morgan fingerprint density at radius 2 is 1.89 bits per heavy atom. The molecule has 0 radical (unpaired) electrons. The summed E-state index contributed by atoms with van der Waals surface area (Å²) in [6, 6.07) is 7.32. The maximum Gasteiger partial charge on any atom is 0.220 e. The van der Waals surface area contributed by atoms with E-state index in [2.05, 4.69) is 10.3 Å². The summed E-state index contributed by atoms with van der Waals surface area (Å²) in [5, 5.41) is 2.79. The molecule has 0 bridgehead atoms. The van der Waals surface area contributed by atoms with Gasteiger partial charge in [-0.2, -0.15) is 0 Å². The van der Waals surface area contributed by atoms with Gasteiger partial charge in [0.25, 0.3) is 0 Å². The van der Waals surface area contributed by atoms with Crippen LogP contribution in [0.2, 0.25) is 0 Å². The Morgan fingerprint density at radius 3 is 2.61 bits per heavy atom. The van der Waals surface area contributed by atoms with Crippen molar-refractivity contribution in [2.45, 2.75) is 52.5 Å². The summed E-state index contributed by atoms with van der Waals surface area (Å²) in [5.41, 5.74) is 0.799. The minimum Gasteiger partial charge on any atom is -0.477 e. The first-order valence-electron chi connectivity index (χ1n) is 9.44. The second-order valence-electron chi connectivity index (χ2n) is 6.47. The zero-order valence-corrected chi connectivity index (χ0v) is 17.1. The van der Waals surface area contributed by atoms with E-state index in [1.54, 1.807) is 18.3 Å². The number of nitrogens with one attached hydrogen (secondary N) is 1. The van der Waals surface area contributed by atoms with E-state index in [1.165, 1.54) is 11.3 Å². The number of nitrogens with zero attached hydrogens (tertiary/aromatic N) is 1. The van der Waals surface area contributed by atoms with Gasteiger partial charge in [0.15, 0.2) is 5.78 Å². The number of amides is 1. The first-order chi connectivity index (χ1) is 13.5. The Balaban J connectivity index is 1.69. The molecule has 0 saturated carbocycles. The van der Waals surface area contributed by atoms with E-state index in [-0.39, 0.29) is 43.2 Å². The van der Waals surface area contributed by atoms with Gasteiger partial charge in [-0.1, -0.05) is 13.0 Å². The molecule has 7 heteroatoms. The fraction of sp³-hybridized carbons (Fsp3) is 0.429. The molecule has 1 N–H and O–H groups in total. The Morgan fingerprint density at radius 1 is 1.11 bits per heavy atom. The maximum atomic E-state index is 12.0. The molecule has 0 aliphatic heterocycles. The largest absolute Gasteiger partial charge is 0.477 e. The molecule has 1 amide bonds. The van der Waals surface area contributed by atoms with Gasteiger partial charge in [-0.25, -0.2) is 4.98 Å². The SMILES string of the molecule is CCCOc1ncccc1CNC(=O)CCC(=O)CCC(=O)c1ccc(C)s1. The molecule has 2 aromatic heterocycles. The highest BCUT2D eigenvalue weighted by Gasteiger charge is 2.13. The molecule has 2 rings (SSSR count). The number of hydrogen-bond donors (Lipinski definition) is 1. The van der Waals surface area contributed by atoms with Crippen LogP contribution in [0.25, 0.3) is 0 Å². The molecule has 150 valence electrons. The van der Waals surface area contributed by atoms with E-state index in [9.17, 15) is 14.4 Å². The van der Waals surface area contributed by atoms with Crippen molar-refractivity contribution in [3.63, 3.8) is 0 Å². The standard InChI is InChI=1S/C21H26N2O4S/c1-3-13-27-21-16(5-4-12-22-21)14-23-20(26)11-8-17(24)7-9-18(25)19-10-6-15(2)28-19/h4-6,10,12H,3,7-9,11,13-14H2,1-2H3,(H,23,26). The molecule has 0 unspecified atom stereocenters. The van der Waals surface area contributed by atoms with Crippen molar-refractivity contribution in [1.29, 1.82) is 0 Å². The number of hydrogen-bond acceptors (Lipinski definition) is 6. The van der Waals surface area contributed by atoms with Gasteiger partial charge in [0.1, 0.15) is 5.78 Å². The van der Waals surface area contributed by atoms with Crippen LogP contribution in [-0.2, 0) is 16.1 Å². The number of ether oxygens (including phenoxy) is 1. The molecule has 0 spiro atoms. The Bertz CT molecular complexity index is 816. The summed E-state index contributed by atoms with van der Waals surface area (Å²) < 4.78 is 5.56. The molecule has 6 nitrogen and oxygen atoms in total. The second kappa shape index (κ2) is 11.3.